The van der Waals surface area contributed by atoms with Crippen LogP contribution in [0.5, 0.6) is 0 Å². The van der Waals surface area contributed by atoms with Crippen LogP contribution >= 0.6 is 0 Å². The lowest BCUT2D eigenvalue weighted by molar-refractivity contribution is -0.947. The first kappa shape index (κ1) is 11.4. The SMILES string of the molecule is OC1CCCCC[NH+]1CCCC1CCC1. The van der Waals surface area contributed by atoms with Gasteiger partial charge in [0.25, 0.3) is 0 Å². The van der Waals surface area contributed by atoms with E-state index >= 15 is 0 Å². The van der Waals surface area contributed by atoms with Crippen molar-refractivity contribution in [1.29, 1.82) is 0 Å². The monoisotopic (exact) mass is 212 g/mol. The number of aliphatic hydroxyl groups is 1. The van der Waals surface area contributed by atoms with Gasteiger partial charge in [-0.3, -0.25) is 0 Å². The predicted octanol–water partition coefficient (Wildman–Crippen LogP) is 1.34. The second-order valence-corrected chi connectivity index (χ2v) is 5.46. The smallest absolute Gasteiger partial charge is 0.188 e. The minimum Gasteiger partial charge on any atom is -0.345 e. The Bertz CT molecular complexity index is 179. The molecule has 1 aliphatic carbocycles. The average Bonchev–Trinajstić information content (AvgIpc) is 2.36. The van der Waals surface area contributed by atoms with Gasteiger partial charge in [-0.05, 0) is 38.0 Å². The molecule has 2 unspecified atom stereocenters. The number of quaternary nitrogens is 1. The van der Waals surface area contributed by atoms with E-state index in [0.29, 0.717) is 0 Å². The second-order valence-electron chi connectivity index (χ2n) is 5.46. The predicted molar refractivity (Wildman–Crippen MR) is 61.7 cm³/mol. The van der Waals surface area contributed by atoms with Gasteiger partial charge in [-0.1, -0.05) is 19.3 Å². The molecule has 1 heterocycles. The van der Waals surface area contributed by atoms with Crippen LogP contribution in [0.1, 0.15) is 57.8 Å². The Labute approximate surface area is 93.7 Å². The highest BCUT2D eigenvalue weighted by Gasteiger charge is 2.23. The number of hydrogen-bond donors (Lipinski definition) is 2. The Balaban J connectivity index is 1.62. The summed E-state index contributed by atoms with van der Waals surface area (Å²) in [4.78, 5) is 1.46. The van der Waals surface area contributed by atoms with E-state index in [2.05, 4.69) is 0 Å². The minimum absolute atomic E-state index is 0.0612. The maximum absolute atomic E-state index is 9.95. The lowest BCUT2D eigenvalue weighted by Crippen LogP contribution is -3.15. The summed E-state index contributed by atoms with van der Waals surface area (Å²) in [5.74, 6) is 1.04. The van der Waals surface area contributed by atoms with E-state index in [1.165, 1.54) is 69.4 Å². The number of rotatable bonds is 4. The van der Waals surface area contributed by atoms with Crippen LogP contribution in [0.3, 0.4) is 0 Å². The van der Waals surface area contributed by atoms with Crippen LogP contribution in [-0.4, -0.2) is 24.4 Å². The summed E-state index contributed by atoms with van der Waals surface area (Å²) in [6.07, 6.45) is 12.0. The van der Waals surface area contributed by atoms with Crippen molar-refractivity contribution in [2.24, 2.45) is 5.92 Å². The van der Waals surface area contributed by atoms with Gasteiger partial charge in [0.15, 0.2) is 6.23 Å². The zero-order valence-electron chi connectivity index (χ0n) is 9.88. The summed E-state index contributed by atoms with van der Waals surface area (Å²) in [7, 11) is 0. The lowest BCUT2D eigenvalue weighted by atomic mass is 9.82. The third kappa shape index (κ3) is 3.46. The Morgan fingerprint density at radius 1 is 1.00 bits per heavy atom. The first-order valence-corrected chi connectivity index (χ1v) is 6.89. The van der Waals surface area contributed by atoms with Crippen LogP contribution in [-0.2, 0) is 0 Å². The molecule has 2 aliphatic rings. The van der Waals surface area contributed by atoms with E-state index < -0.39 is 0 Å². The van der Waals surface area contributed by atoms with E-state index in [9.17, 15) is 5.11 Å². The molecular weight excluding hydrogens is 186 g/mol. The van der Waals surface area contributed by atoms with Gasteiger partial charge in [0.1, 0.15) is 0 Å². The highest BCUT2D eigenvalue weighted by atomic mass is 16.3. The van der Waals surface area contributed by atoms with Gasteiger partial charge in [0.05, 0.1) is 13.1 Å². The number of nitrogens with one attached hydrogen (secondary N) is 1. The number of aliphatic hydroxyl groups excluding tert-OH is 1. The number of likely N-dealkylation sites (tertiary alicyclic amines) is 1. The molecule has 2 N–H and O–H groups in total. The molecule has 0 aromatic carbocycles. The molecule has 2 atom stereocenters. The van der Waals surface area contributed by atoms with Gasteiger partial charge < -0.3 is 10.0 Å². The third-order valence-electron chi connectivity index (χ3n) is 4.28. The Hall–Kier alpha value is -0.0800. The first-order valence-electron chi connectivity index (χ1n) is 6.89. The van der Waals surface area contributed by atoms with Crippen LogP contribution in [0.25, 0.3) is 0 Å². The summed E-state index contributed by atoms with van der Waals surface area (Å²) >= 11 is 0. The molecule has 0 amide bonds. The maximum Gasteiger partial charge on any atom is 0.188 e. The Morgan fingerprint density at radius 3 is 2.60 bits per heavy atom. The third-order valence-corrected chi connectivity index (χ3v) is 4.28. The van der Waals surface area contributed by atoms with Crippen molar-refractivity contribution < 1.29 is 10.0 Å². The van der Waals surface area contributed by atoms with E-state index in [1.807, 2.05) is 0 Å². The van der Waals surface area contributed by atoms with Gasteiger partial charge in [-0.25, -0.2) is 0 Å². The molecule has 88 valence electrons. The first-order chi connectivity index (χ1) is 7.36. The van der Waals surface area contributed by atoms with Crippen molar-refractivity contribution in [2.45, 2.75) is 64.0 Å². The lowest BCUT2D eigenvalue weighted by Gasteiger charge is -2.27. The normalized spacial score (nSPS) is 33.4. The standard InChI is InChI=1S/C13H25NO/c15-13-9-2-1-3-10-14(13)11-5-8-12-6-4-7-12/h12-13,15H,1-11H2/p+1. The van der Waals surface area contributed by atoms with Crippen LogP contribution in [0.2, 0.25) is 0 Å². The van der Waals surface area contributed by atoms with Crippen molar-refractivity contribution in [1.82, 2.24) is 0 Å². The molecule has 2 rings (SSSR count). The van der Waals surface area contributed by atoms with Crippen LogP contribution in [0.4, 0.5) is 0 Å². The second kappa shape index (κ2) is 5.86. The summed E-state index contributed by atoms with van der Waals surface area (Å²) < 4.78 is 0. The quantitative estimate of drug-likeness (QED) is 0.722. The molecule has 0 bridgehead atoms. The Kier molecular flexibility index (Phi) is 4.45. The average molecular weight is 212 g/mol. The molecule has 1 saturated heterocycles. The molecule has 0 radical (unpaired) electrons. The summed E-state index contributed by atoms with van der Waals surface area (Å²) in [6, 6.07) is 0. The fourth-order valence-electron chi connectivity index (χ4n) is 2.93. The molecule has 2 nitrogen and oxygen atoms in total. The fraction of sp³-hybridized carbons (Fsp3) is 1.00. The molecule has 0 spiro atoms. The van der Waals surface area contributed by atoms with Crippen molar-refractivity contribution in [2.75, 3.05) is 13.1 Å². The summed E-state index contributed by atoms with van der Waals surface area (Å²) in [5, 5.41) is 9.95. The summed E-state index contributed by atoms with van der Waals surface area (Å²) in [5.41, 5.74) is 0. The largest absolute Gasteiger partial charge is 0.345 e. The van der Waals surface area contributed by atoms with E-state index in [1.54, 1.807) is 0 Å². The fourth-order valence-corrected chi connectivity index (χ4v) is 2.93. The van der Waals surface area contributed by atoms with Gasteiger partial charge in [-0.2, -0.15) is 0 Å². The van der Waals surface area contributed by atoms with E-state index in [0.717, 1.165) is 12.3 Å². The van der Waals surface area contributed by atoms with E-state index in [-0.39, 0.29) is 6.23 Å². The highest BCUT2D eigenvalue weighted by molar-refractivity contribution is 4.68. The van der Waals surface area contributed by atoms with Crippen LogP contribution in [0, 0.1) is 5.92 Å². The molecule has 2 fully saturated rings. The molecule has 1 saturated carbocycles. The molecule has 2 heteroatoms. The van der Waals surface area contributed by atoms with Gasteiger partial charge in [0.2, 0.25) is 0 Å². The molecule has 15 heavy (non-hydrogen) atoms. The van der Waals surface area contributed by atoms with Crippen molar-refractivity contribution >= 4 is 0 Å². The van der Waals surface area contributed by atoms with E-state index in [4.69, 9.17) is 0 Å². The zero-order chi connectivity index (χ0) is 10.5. The van der Waals surface area contributed by atoms with Crippen molar-refractivity contribution in [3.8, 4) is 0 Å². The molecule has 0 aromatic rings. The topological polar surface area (TPSA) is 24.7 Å². The molecule has 0 aromatic heterocycles. The zero-order valence-corrected chi connectivity index (χ0v) is 9.88. The molecule has 1 aliphatic heterocycles. The Morgan fingerprint density at radius 2 is 1.87 bits per heavy atom. The van der Waals surface area contributed by atoms with Gasteiger partial charge in [-0.15, -0.1) is 0 Å². The van der Waals surface area contributed by atoms with Crippen LogP contribution < -0.4 is 4.90 Å². The minimum atomic E-state index is -0.0612. The maximum atomic E-state index is 9.95. The van der Waals surface area contributed by atoms with Gasteiger partial charge >= 0.3 is 0 Å². The van der Waals surface area contributed by atoms with Crippen LogP contribution in [0.15, 0.2) is 0 Å². The molecular formula is C13H26NO+. The highest BCUT2D eigenvalue weighted by Crippen LogP contribution is 2.29. The number of hydrogen-bond acceptors (Lipinski definition) is 1. The van der Waals surface area contributed by atoms with Crippen molar-refractivity contribution in [3.63, 3.8) is 0 Å². The van der Waals surface area contributed by atoms with Gasteiger partial charge in [0, 0.05) is 6.42 Å². The summed E-state index contributed by atoms with van der Waals surface area (Å²) in [6.45, 7) is 2.41. The van der Waals surface area contributed by atoms with Crippen molar-refractivity contribution in [3.05, 3.63) is 0 Å².